The van der Waals surface area contributed by atoms with E-state index in [0.29, 0.717) is 0 Å². The minimum Gasteiger partial charge on any atom is -0.358 e. The third-order valence-corrected chi connectivity index (χ3v) is 5.25. The summed E-state index contributed by atoms with van der Waals surface area (Å²) in [7, 11) is 0. The summed E-state index contributed by atoms with van der Waals surface area (Å²) < 4.78 is 0. The lowest BCUT2D eigenvalue weighted by Crippen LogP contribution is -2.34. The van der Waals surface area contributed by atoms with Crippen LogP contribution in [-0.2, 0) is 24.1 Å². The molecule has 0 bridgehead atoms. The molecule has 0 spiro atoms. The molecule has 0 fully saturated rings. The number of carbonyl (C=O) groups excluding carboxylic acids is 1. The summed E-state index contributed by atoms with van der Waals surface area (Å²) in [6, 6.07) is 18.8. The summed E-state index contributed by atoms with van der Waals surface area (Å²) in [6.45, 7) is 0.755. The van der Waals surface area contributed by atoms with E-state index in [1.807, 2.05) is 6.07 Å². The number of H-pyrrole nitrogens is 1. The zero-order valence-corrected chi connectivity index (χ0v) is 14.4. The van der Waals surface area contributed by atoms with E-state index in [2.05, 4.69) is 58.8 Å². The highest BCUT2D eigenvalue weighted by Gasteiger charge is 2.26. The Labute approximate surface area is 148 Å². The van der Waals surface area contributed by atoms with E-state index in [1.165, 1.54) is 27.7 Å². The fourth-order valence-electron chi connectivity index (χ4n) is 3.89. The minimum absolute atomic E-state index is 0.100. The maximum atomic E-state index is 12.6. The van der Waals surface area contributed by atoms with Crippen LogP contribution in [-0.4, -0.2) is 17.4 Å². The summed E-state index contributed by atoms with van der Waals surface area (Å²) in [4.78, 5) is 16.1. The first kappa shape index (κ1) is 15.9. The van der Waals surface area contributed by atoms with Gasteiger partial charge in [0.25, 0.3) is 0 Å². The lowest BCUT2D eigenvalue weighted by Gasteiger charge is -2.22. The number of hydrogen-bond donors (Lipinski definition) is 2. The Morgan fingerprint density at radius 3 is 2.76 bits per heavy atom. The van der Waals surface area contributed by atoms with Crippen LogP contribution in [0, 0.1) is 5.92 Å². The van der Waals surface area contributed by atoms with Crippen molar-refractivity contribution >= 4 is 16.8 Å². The maximum Gasteiger partial charge on any atom is 0.223 e. The zero-order chi connectivity index (χ0) is 17.1. The van der Waals surface area contributed by atoms with Crippen molar-refractivity contribution in [3.63, 3.8) is 0 Å². The molecule has 0 saturated carbocycles. The Morgan fingerprint density at radius 1 is 1.08 bits per heavy atom. The van der Waals surface area contributed by atoms with Gasteiger partial charge in [-0.1, -0.05) is 48.5 Å². The molecule has 3 aromatic rings. The SMILES string of the molecule is O=C(NCCCc1ccccc1)C1CCc2[nH]c3ccccc3c2C1. The number of aromatic amines is 1. The summed E-state index contributed by atoms with van der Waals surface area (Å²) >= 11 is 0. The van der Waals surface area contributed by atoms with Crippen LogP contribution in [0.1, 0.15) is 29.7 Å². The van der Waals surface area contributed by atoms with Crippen molar-refractivity contribution in [1.82, 2.24) is 10.3 Å². The van der Waals surface area contributed by atoms with Crippen LogP contribution >= 0.6 is 0 Å². The molecule has 4 rings (SSSR count). The van der Waals surface area contributed by atoms with E-state index >= 15 is 0 Å². The highest BCUT2D eigenvalue weighted by atomic mass is 16.1. The molecule has 1 aromatic heterocycles. The number of para-hydroxylation sites is 1. The predicted octanol–water partition coefficient (Wildman–Crippen LogP) is 4.02. The summed E-state index contributed by atoms with van der Waals surface area (Å²) in [5.41, 5.74) is 5.18. The van der Waals surface area contributed by atoms with Gasteiger partial charge in [-0.25, -0.2) is 0 Å². The molecular formula is C22H24N2O. The average molecular weight is 332 g/mol. The van der Waals surface area contributed by atoms with Crippen LogP contribution < -0.4 is 5.32 Å². The molecule has 1 aliphatic carbocycles. The molecule has 1 amide bonds. The maximum absolute atomic E-state index is 12.6. The summed E-state index contributed by atoms with van der Waals surface area (Å²) in [5.74, 6) is 0.312. The number of benzene rings is 2. The smallest absolute Gasteiger partial charge is 0.223 e. The largest absolute Gasteiger partial charge is 0.358 e. The second kappa shape index (κ2) is 7.14. The van der Waals surface area contributed by atoms with Crippen LogP contribution in [0.4, 0.5) is 0 Å². The fourth-order valence-corrected chi connectivity index (χ4v) is 3.89. The molecule has 25 heavy (non-hydrogen) atoms. The van der Waals surface area contributed by atoms with Gasteiger partial charge in [-0.15, -0.1) is 0 Å². The first-order chi connectivity index (χ1) is 12.3. The average Bonchev–Trinajstić information content (AvgIpc) is 3.04. The highest BCUT2D eigenvalue weighted by Crippen LogP contribution is 2.31. The second-order valence-electron chi connectivity index (χ2n) is 6.95. The standard InChI is InChI=1S/C22H24N2O/c25-22(23-14-6-9-16-7-2-1-3-8-16)17-12-13-21-19(15-17)18-10-4-5-11-20(18)24-21/h1-5,7-8,10-11,17,24H,6,9,12-15H2,(H,23,25). The molecule has 3 heteroatoms. The quantitative estimate of drug-likeness (QED) is 0.681. The van der Waals surface area contributed by atoms with Crippen LogP contribution in [0.3, 0.4) is 0 Å². The van der Waals surface area contributed by atoms with Crippen LogP contribution in [0.25, 0.3) is 10.9 Å². The van der Waals surface area contributed by atoms with Crippen molar-refractivity contribution in [2.75, 3.05) is 6.54 Å². The highest BCUT2D eigenvalue weighted by molar-refractivity contribution is 5.86. The molecule has 1 heterocycles. The normalized spacial score (nSPS) is 16.6. The van der Waals surface area contributed by atoms with E-state index < -0.39 is 0 Å². The molecule has 1 unspecified atom stereocenters. The van der Waals surface area contributed by atoms with Crippen molar-refractivity contribution in [2.45, 2.75) is 32.1 Å². The van der Waals surface area contributed by atoms with Crippen LogP contribution in [0.2, 0.25) is 0 Å². The number of aromatic nitrogens is 1. The monoisotopic (exact) mass is 332 g/mol. The van der Waals surface area contributed by atoms with Crippen LogP contribution in [0.15, 0.2) is 54.6 Å². The first-order valence-corrected chi connectivity index (χ1v) is 9.21. The Bertz CT molecular complexity index is 866. The third-order valence-electron chi connectivity index (χ3n) is 5.25. The van der Waals surface area contributed by atoms with E-state index in [-0.39, 0.29) is 11.8 Å². The molecule has 0 saturated heterocycles. The van der Waals surface area contributed by atoms with Crippen molar-refractivity contribution in [3.8, 4) is 0 Å². The zero-order valence-electron chi connectivity index (χ0n) is 14.4. The predicted molar refractivity (Wildman–Crippen MR) is 102 cm³/mol. The fraction of sp³-hybridized carbons (Fsp3) is 0.318. The molecule has 2 aromatic carbocycles. The van der Waals surface area contributed by atoms with Gasteiger partial charge in [-0.2, -0.15) is 0 Å². The number of rotatable bonds is 5. The molecule has 2 N–H and O–H groups in total. The van der Waals surface area contributed by atoms with Gasteiger partial charge in [0.1, 0.15) is 0 Å². The van der Waals surface area contributed by atoms with Gasteiger partial charge in [0.2, 0.25) is 5.91 Å². The van der Waals surface area contributed by atoms with Crippen molar-refractivity contribution in [3.05, 3.63) is 71.4 Å². The van der Waals surface area contributed by atoms with E-state index in [9.17, 15) is 4.79 Å². The second-order valence-corrected chi connectivity index (χ2v) is 6.95. The Hall–Kier alpha value is -2.55. The molecule has 0 radical (unpaired) electrons. The number of hydrogen-bond acceptors (Lipinski definition) is 1. The van der Waals surface area contributed by atoms with Gasteiger partial charge >= 0.3 is 0 Å². The van der Waals surface area contributed by atoms with E-state index in [1.54, 1.807) is 0 Å². The Morgan fingerprint density at radius 2 is 1.88 bits per heavy atom. The molecular weight excluding hydrogens is 308 g/mol. The molecule has 1 aliphatic rings. The number of nitrogens with one attached hydrogen (secondary N) is 2. The van der Waals surface area contributed by atoms with Crippen molar-refractivity contribution in [2.24, 2.45) is 5.92 Å². The number of aryl methyl sites for hydroxylation is 2. The van der Waals surface area contributed by atoms with Gasteiger partial charge in [0.05, 0.1) is 0 Å². The van der Waals surface area contributed by atoms with Gasteiger partial charge in [-0.3, -0.25) is 4.79 Å². The Kier molecular flexibility index (Phi) is 4.55. The number of carbonyl (C=O) groups is 1. The summed E-state index contributed by atoms with van der Waals surface area (Å²) in [5, 5.41) is 4.42. The minimum atomic E-state index is 0.100. The molecule has 0 aliphatic heterocycles. The van der Waals surface area contributed by atoms with Gasteiger partial charge < -0.3 is 10.3 Å². The molecule has 1 atom stereocenters. The molecule has 128 valence electrons. The molecule has 3 nitrogen and oxygen atoms in total. The van der Waals surface area contributed by atoms with Crippen LogP contribution in [0.5, 0.6) is 0 Å². The van der Waals surface area contributed by atoms with Gasteiger partial charge in [-0.05, 0) is 49.3 Å². The number of amides is 1. The first-order valence-electron chi connectivity index (χ1n) is 9.21. The summed E-state index contributed by atoms with van der Waals surface area (Å²) in [6.07, 6.45) is 4.75. The van der Waals surface area contributed by atoms with E-state index in [0.717, 1.165) is 38.6 Å². The van der Waals surface area contributed by atoms with E-state index in [4.69, 9.17) is 0 Å². The van der Waals surface area contributed by atoms with Crippen molar-refractivity contribution < 1.29 is 4.79 Å². The van der Waals surface area contributed by atoms with Gasteiger partial charge in [0.15, 0.2) is 0 Å². The lowest BCUT2D eigenvalue weighted by molar-refractivity contribution is -0.125. The Balaban J connectivity index is 1.33. The third kappa shape index (κ3) is 3.46. The van der Waals surface area contributed by atoms with Gasteiger partial charge in [0, 0.05) is 29.1 Å². The topological polar surface area (TPSA) is 44.9 Å². The number of fused-ring (bicyclic) bond motifs is 3. The van der Waals surface area contributed by atoms with Crippen molar-refractivity contribution in [1.29, 1.82) is 0 Å². The lowest BCUT2D eigenvalue weighted by atomic mass is 9.86.